The van der Waals surface area contributed by atoms with Gasteiger partial charge in [0.25, 0.3) is 0 Å². The van der Waals surface area contributed by atoms with Gasteiger partial charge in [-0.2, -0.15) is 13.2 Å². The molecule has 2 fully saturated rings. The van der Waals surface area contributed by atoms with Gasteiger partial charge in [0.15, 0.2) is 0 Å². The van der Waals surface area contributed by atoms with Crippen LogP contribution in [0.2, 0.25) is 0 Å². The molecule has 1 aromatic carbocycles. The van der Waals surface area contributed by atoms with Crippen LogP contribution in [0.15, 0.2) is 18.2 Å². The van der Waals surface area contributed by atoms with Crippen LogP contribution in [0, 0.1) is 18.7 Å². The van der Waals surface area contributed by atoms with Gasteiger partial charge in [-0.25, -0.2) is 4.39 Å². The molecular weight excluding hydrogens is 440 g/mol. The molecule has 1 atom stereocenters. The third kappa shape index (κ3) is 5.72. The SMILES string of the molecule is Cc1cc(F)ccc1NC(=O)C[C@H](CCO)c1nnc([C@H]2C[C@@H](CC(F)(F)F)C2)n1C1CC1. The third-order valence-corrected chi connectivity index (χ3v) is 6.52. The smallest absolute Gasteiger partial charge is 0.389 e. The van der Waals surface area contributed by atoms with Gasteiger partial charge in [-0.1, -0.05) is 0 Å². The van der Waals surface area contributed by atoms with E-state index in [1.54, 1.807) is 6.92 Å². The summed E-state index contributed by atoms with van der Waals surface area (Å²) in [5, 5.41) is 21.1. The first kappa shape index (κ1) is 23.7. The number of alkyl halides is 3. The van der Waals surface area contributed by atoms with Crippen molar-refractivity contribution >= 4 is 11.6 Å². The zero-order chi connectivity index (χ0) is 23.8. The number of rotatable bonds is 9. The highest BCUT2D eigenvalue weighted by Gasteiger charge is 2.43. The molecule has 10 heteroatoms. The zero-order valence-electron chi connectivity index (χ0n) is 18.4. The summed E-state index contributed by atoms with van der Waals surface area (Å²) in [6.45, 7) is 1.56. The lowest BCUT2D eigenvalue weighted by Gasteiger charge is -2.35. The first-order valence-corrected chi connectivity index (χ1v) is 11.3. The maximum absolute atomic E-state index is 13.3. The maximum atomic E-state index is 13.3. The van der Waals surface area contributed by atoms with E-state index in [0.717, 1.165) is 12.8 Å². The molecule has 4 rings (SSSR count). The third-order valence-electron chi connectivity index (χ3n) is 6.52. The van der Waals surface area contributed by atoms with Crippen LogP contribution < -0.4 is 5.32 Å². The highest BCUT2D eigenvalue weighted by atomic mass is 19.4. The van der Waals surface area contributed by atoms with E-state index in [9.17, 15) is 27.5 Å². The normalized spacial score (nSPS) is 21.5. The maximum Gasteiger partial charge on any atom is 0.389 e. The van der Waals surface area contributed by atoms with E-state index in [2.05, 4.69) is 15.5 Å². The van der Waals surface area contributed by atoms with Crippen molar-refractivity contribution < 1.29 is 27.5 Å². The Morgan fingerprint density at radius 3 is 2.61 bits per heavy atom. The fraction of sp³-hybridized carbons (Fsp3) is 0.609. The van der Waals surface area contributed by atoms with Gasteiger partial charge in [0.05, 0.1) is 0 Å². The number of aliphatic hydroxyl groups excluding tert-OH is 1. The van der Waals surface area contributed by atoms with Gasteiger partial charge < -0.3 is 15.0 Å². The fourth-order valence-corrected chi connectivity index (χ4v) is 4.69. The summed E-state index contributed by atoms with van der Waals surface area (Å²) in [5.41, 5.74) is 1.11. The molecule has 2 aliphatic carbocycles. The molecule has 2 aliphatic rings. The molecule has 6 nitrogen and oxygen atoms in total. The minimum absolute atomic E-state index is 0.0591. The Morgan fingerprint density at radius 2 is 2.00 bits per heavy atom. The predicted octanol–water partition coefficient (Wildman–Crippen LogP) is 5.00. The number of hydrogen-bond acceptors (Lipinski definition) is 4. The van der Waals surface area contributed by atoms with Crippen LogP contribution in [0.3, 0.4) is 0 Å². The van der Waals surface area contributed by atoms with Crippen LogP contribution in [0.5, 0.6) is 0 Å². The zero-order valence-corrected chi connectivity index (χ0v) is 18.4. The Hall–Kier alpha value is -2.49. The van der Waals surface area contributed by atoms with Crippen molar-refractivity contribution in [2.24, 2.45) is 5.92 Å². The lowest BCUT2D eigenvalue weighted by molar-refractivity contribution is -0.151. The van der Waals surface area contributed by atoms with E-state index in [0.29, 0.717) is 42.2 Å². The number of carbonyl (C=O) groups is 1. The molecule has 1 aromatic heterocycles. The van der Waals surface area contributed by atoms with E-state index in [1.807, 2.05) is 4.57 Å². The van der Waals surface area contributed by atoms with Crippen LogP contribution in [0.25, 0.3) is 0 Å². The lowest BCUT2D eigenvalue weighted by Crippen LogP contribution is -2.29. The Balaban J connectivity index is 1.48. The first-order chi connectivity index (χ1) is 15.6. The quantitative estimate of drug-likeness (QED) is 0.508. The van der Waals surface area contributed by atoms with Gasteiger partial charge in [0.2, 0.25) is 5.91 Å². The second-order valence-corrected chi connectivity index (χ2v) is 9.29. The average molecular weight is 468 g/mol. The van der Waals surface area contributed by atoms with Crippen LogP contribution in [0.1, 0.15) is 80.0 Å². The van der Waals surface area contributed by atoms with Gasteiger partial charge in [-0.3, -0.25) is 4.79 Å². The van der Waals surface area contributed by atoms with Gasteiger partial charge in [-0.05, 0) is 68.7 Å². The lowest BCUT2D eigenvalue weighted by atomic mass is 9.72. The predicted molar refractivity (Wildman–Crippen MR) is 113 cm³/mol. The number of aliphatic hydroxyl groups is 1. The summed E-state index contributed by atoms with van der Waals surface area (Å²) in [4.78, 5) is 12.7. The van der Waals surface area contributed by atoms with E-state index in [4.69, 9.17) is 0 Å². The second kappa shape index (κ2) is 9.40. The monoisotopic (exact) mass is 468 g/mol. The summed E-state index contributed by atoms with van der Waals surface area (Å²) in [6, 6.07) is 4.30. The number of nitrogens with zero attached hydrogens (tertiary/aromatic N) is 3. The van der Waals surface area contributed by atoms with Crippen LogP contribution in [-0.4, -0.2) is 38.6 Å². The molecule has 0 unspecified atom stereocenters. The summed E-state index contributed by atoms with van der Waals surface area (Å²) < 4.78 is 53.4. The average Bonchev–Trinajstić information content (AvgIpc) is 3.44. The largest absolute Gasteiger partial charge is 0.396 e. The van der Waals surface area contributed by atoms with Crippen molar-refractivity contribution in [3.63, 3.8) is 0 Å². The highest BCUT2D eigenvalue weighted by Crippen LogP contribution is 2.49. The molecule has 0 aliphatic heterocycles. The first-order valence-electron chi connectivity index (χ1n) is 11.3. The fourth-order valence-electron chi connectivity index (χ4n) is 4.69. The molecule has 2 saturated carbocycles. The standard InChI is InChI=1S/C23H28F4N4O2/c1-13-8-17(24)2-5-19(13)28-20(33)11-15(6-7-32)21-29-30-22(31(21)18-3-4-18)16-9-14(10-16)12-23(25,26)27/h2,5,8,14-16,18,32H,3-4,6-7,9-12H2,1H3,(H,28,33)/t14-,15-,16+/m0/s1. The van der Waals surface area contributed by atoms with E-state index in [1.165, 1.54) is 18.2 Å². The van der Waals surface area contributed by atoms with E-state index in [-0.39, 0.29) is 48.5 Å². The summed E-state index contributed by atoms with van der Waals surface area (Å²) in [6.07, 6.45) is -1.84. The molecule has 0 spiro atoms. The van der Waals surface area contributed by atoms with Gasteiger partial charge in [-0.15, -0.1) is 10.2 Å². The molecule has 33 heavy (non-hydrogen) atoms. The number of nitrogens with one attached hydrogen (secondary N) is 1. The number of benzene rings is 1. The highest BCUT2D eigenvalue weighted by molar-refractivity contribution is 5.91. The molecule has 1 amide bonds. The summed E-state index contributed by atoms with van der Waals surface area (Å²) in [5.74, 6) is -0.212. The van der Waals surface area contributed by atoms with Crippen molar-refractivity contribution in [3.8, 4) is 0 Å². The van der Waals surface area contributed by atoms with Crippen molar-refractivity contribution in [2.75, 3.05) is 11.9 Å². The minimum Gasteiger partial charge on any atom is -0.396 e. The van der Waals surface area contributed by atoms with Gasteiger partial charge in [0, 0.05) is 43.0 Å². The Labute approximate surface area is 189 Å². The number of hydrogen-bond donors (Lipinski definition) is 2. The number of carbonyl (C=O) groups excluding carboxylic acids is 1. The number of aryl methyl sites for hydroxylation is 1. The van der Waals surface area contributed by atoms with E-state index >= 15 is 0 Å². The Bertz CT molecular complexity index is 997. The Morgan fingerprint density at radius 1 is 1.27 bits per heavy atom. The number of anilines is 1. The van der Waals surface area contributed by atoms with Crippen LogP contribution in [-0.2, 0) is 4.79 Å². The Kier molecular flexibility index (Phi) is 6.74. The molecule has 2 N–H and O–H groups in total. The topological polar surface area (TPSA) is 80.0 Å². The molecule has 0 bridgehead atoms. The molecule has 2 aromatic rings. The number of aromatic nitrogens is 3. The molecule has 180 valence electrons. The minimum atomic E-state index is -4.16. The van der Waals surface area contributed by atoms with Crippen LogP contribution in [0.4, 0.5) is 23.2 Å². The second-order valence-electron chi connectivity index (χ2n) is 9.29. The van der Waals surface area contributed by atoms with Crippen molar-refractivity contribution in [2.45, 2.75) is 75.9 Å². The van der Waals surface area contributed by atoms with Crippen molar-refractivity contribution in [1.29, 1.82) is 0 Å². The van der Waals surface area contributed by atoms with Crippen molar-refractivity contribution in [1.82, 2.24) is 14.8 Å². The van der Waals surface area contributed by atoms with Crippen molar-refractivity contribution in [3.05, 3.63) is 41.2 Å². The van der Waals surface area contributed by atoms with E-state index < -0.39 is 12.6 Å². The summed E-state index contributed by atoms with van der Waals surface area (Å²) >= 11 is 0. The molecule has 0 radical (unpaired) electrons. The van der Waals surface area contributed by atoms with Gasteiger partial charge in [0.1, 0.15) is 17.5 Å². The summed E-state index contributed by atoms with van der Waals surface area (Å²) in [7, 11) is 0. The van der Waals surface area contributed by atoms with Gasteiger partial charge >= 0.3 is 6.18 Å². The molecule has 0 saturated heterocycles. The molecular formula is C23H28F4N4O2. The van der Waals surface area contributed by atoms with Crippen LogP contribution >= 0.6 is 0 Å². The molecule has 1 heterocycles. The number of halogens is 4. The number of amides is 1.